The summed E-state index contributed by atoms with van der Waals surface area (Å²) in [7, 11) is 1.18. The van der Waals surface area contributed by atoms with E-state index in [0.717, 1.165) is 19.3 Å². The first-order chi connectivity index (χ1) is 18.7. The first-order valence-corrected chi connectivity index (χ1v) is 13.2. The predicted octanol–water partition coefficient (Wildman–Crippen LogP) is 3.25. The van der Waals surface area contributed by atoms with Crippen molar-refractivity contribution in [2.75, 3.05) is 39.8 Å². The van der Waals surface area contributed by atoms with Crippen molar-refractivity contribution >= 4 is 23.7 Å². The Labute approximate surface area is 226 Å². The molecule has 2 heterocycles. The largest absolute Gasteiger partial charge is 0.508 e. The molecule has 0 aliphatic carbocycles. The fourth-order valence-corrected chi connectivity index (χ4v) is 5.71. The van der Waals surface area contributed by atoms with Crippen LogP contribution in [0.15, 0.2) is 42.5 Å². The van der Waals surface area contributed by atoms with Crippen LogP contribution in [-0.4, -0.2) is 78.4 Å². The Kier molecular flexibility index (Phi) is 8.83. The van der Waals surface area contributed by atoms with Gasteiger partial charge in [0, 0.05) is 43.6 Å². The topological polar surface area (TPSA) is 116 Å². The van der Waals surface area contributed by atoms with Gasteiger partial charge in [0.05, 0.1) is 13.0 Å². The number of likely N-dealkylation sites (tertiary alicyclic amines) is 2. The lowest BCUT2D eigenvalue weighted by Crippen LogP contribution is -2.56. The second kappa shape index (κ2) is 12.3. The molecule has 0 unspecified atom stereocenters. The highest BCUT2D eigenvalue weighted by molar-refractivity contribution is 6.00. The Balaban J connectivity index is 1.79. The number of hydrogen-bond donors (Lipinski definition) is 2. The third kappa shape index (κ3) is 6.21. The molecule has 0 aromatic heterocycles. The van der Waals surface area contributed by atoms with Crippen LogP contribution in [0.2, 0.25) is 0 Å². The van der Waals surface area contributed by atoms with E-state index in [2.05, 4.69) is 10.1 Å². The standard InChI is InChI=1S/C29H34FN3O6/c1-18-21(10-7-11-24(18)30)26-22(27(36)19-8-6-9-20(34)14-19)16-33(25(35)15-31-29(38)39-2)17-23(26)28(37)32-12-4-3-5-13-32/h6-11,14,22-23,26,34H,3-5,12-13,15-17H2,1-2H3,(H,31,38)/t22-,23-,26+/m0/s1. The van der Waals surface area contributed by atoms with Gasteiger partial charge in [-0.1, -0.05) is 24.3 Å². The normalized spacial score (nSPS) is 21.3. The molecule has 10 heteroatoms. The van der Waals surface area contributed by atoms with Crippen molar-refractivity contribution in [3.05, 3.63) is 65.0 Å². The molecule has 2 aliphatic heterocycles. The van der Waals surface area contributed by atoms with Gasteiger partial charge in [-0.05, 0) is 55.5 Å². The first-order valence-electron chi connectivity index (χ1n) is 13.2. The fourth-order valence-electron chi connectivity index (χ4n) is 5.71. The average molecular weight is 540 g/mol. The zero-order valence-corrected chi connectivity index (χ0v) is 22.2. The van der Waals surface area contributed by atoms with E-state index in [1.165, 1.54) is 30.2 Å². The van der Waals surface area contributed by atoms with Gasteiger partial charge in [0.25, 0.3) is 0 Å². The molecule has 3 atom stereocenters. The van der Waals surface area contributed by atoms with Gasteiger partial charge in [-0.3, -0.25) is 14.4 Å². The summed E-state index contributed by atoms with van der Waals surface area (Å²) in [6.07, 6.45) is 1.96. The molecule has 2 aromatic carbocycles. The highest BCUT2D eigenvalue weighted by Gasteiger charge is 2.47. The lowest BCUT2D eigenvalue weighted by atomic mass is 9.69. The van der Waals surface area contributed by atoms with Crippen LogP contribution in [0.5, 0.6) is 5.75 Å². The van der Waals surface area contributed by atoms with Crippen LogP contribution < -0.4 is 5.32 Å². The summed E-state index contributed by atoms with van der Waals surface area (Å²) in [6, 6.07) is 10.5. The van der Waals surface area contributed by atoms with E-state index in [1.807, 2.05) is 0 Å². The Morgan fingerprint density at radius 3 is 2.38 bits per heavy atom. The molecule has 4 rings (SSSR count). The lowest BCUT2D eigenvalue weighted by Gasteiger charge is -2.45. The van der Waals surface area contributed by atoms with Crippen molar-refractivity contribution in [2.45, 2.75) is 32.1 Å². The van der Waals surface area contributed by atoms with Gasteiger partial charge < -0.3 is 25.0 Å². The molecular formula is C29H34FN3O6. The van der Waals surface area contributed by atoms with Crippen molar-refractivity contribution in [1.82, 2.24) is 15.1 Å². The Hall–Kier alpha value is -3.95. The van der Waals surface area contributed by atoms with Gasteiger partial charge in [0.2, 0.25) is 11.8 Å². The number of Topliss-reactive ketones (excluding diaryl/α,β-unsaturated/α-hetero) is 1. The van der Waals surface area contributed by atoms with Crippen molar-refractivity contribution < 1.29 is 33.4 Å². The third-order valence-corrected chi connectivity index (χ3v) is 7.74. The molecule has 2 N–H and O–H groups in total. The Bertz CT molecular complexity index is 1250. The number of hydrogen-bond acceptors (Lipinski definition) is 6. The molecule has 2 aromatic rings. The van der Waals surface area contributed by atoms with E-state index in [1.54, 1.807) is 36.1 Å². The minimum Gasteiger partial charge on any atom is -0.508 e. The SMILES string of the molecule is COC(=O)NCC(=O)N1C[C@H](C(=O)c2cccc(O)c2)[C@@H](c2cccc(F)c2C)[C@@H](C(=O)N2CCCCC2)C1. The van der Waals surface area contributed by atoms with Crippen LogP contribution in [0.4, 0.5) is 9.18 Å². The molecular weight excluding hydrogens is 505 g/mol. The molecule has 2 saturated heterocycles. The van der Waals surface area contributed by atoms with Crippen molar-refractivity contribution in [2.24, 2.45) is 11.8 Å². The molecule has 0 spiro atoms. The van der Waals surface area contributed by atoms with Gasteiger partial charge >= 0.3 is 6.09 Å². The highest BCUT2D eigenvalue weighted by atomic mass is 19.1. The minimum absolute atomic E-state index is 0.0153. The Morgan fingerprint density at radius 1 is 1.00 bits per heavy atom. The number of phenolic OH excluding ortho intramolecular Hbond substituents is 1. The van der Waals surface area contributed by atoms with Gasteiger partial charge in [-0.15, -0.1) is 0 Å². The summed E-state index contributed by atoms with van der Waals surface area (Å²) in [4.78, 5) is 56.0. The van der Waals surface area contributed by atoms with E-state index >= 15 is 0 Å². The number of carbonyl (C=O) groups excluding carboxylic acids is 4. The monoisotopic (exact) mass is 539 g/mol. The molecule has 0 bridgehead atoms. The number of ketones is 1. The molecule has 2 aliphatic rings. The van der Waals surface area contributed by atoms with E-state index in [9.17, 15) is 28.7 Å². The number of aromatic hydroxyl groups is 1. The van der Waals surface area contributed by atoms with Gasteiger partial charge in [-0.2, -0.15) is 0 Å². The van der Waals surface area contributed by atoms with E-state index in [0.29, 0.717) is 24.2 Å². The number of rotatable bonds is 6. The molecule has 0 saturated carbocycles. The smallest absolute Gasteiger partial charge is 0.407 e. The second-order valence-corrected chi connectivity index (χ2v) is 10.1. The maximum absolute atomic E-state index is 14.8. The number of piperidine rings is 2. The number of carbonyl (C=O) groups is 4. The zero-order valence-electron chi connectivity index (χ0n) is 22.2. The van der Waals surface area contributed by atoms with Gasteiger partial charge in [0.1, 0.15) is 18.1 Å². The first kappa shape index (κ1) is 28.1. The number of phenols is 1. The summed E-state index contributed by atoms with van der Waals surface area (Å²) < 4.78 is 19.4. The number of amides is 3. The summed E-state index contributed by atoms with van der Waals surface area (Å²) >= 11 is 0. The summed E-state index contributed by atoms with van der Waals surface area (Å²) in [6.45, 7) is 2.39. The molecule has 9 nitrogen and oxygen atoms in total. The van der Waals surface area contributed by atoms with Crippen LogP contribution in [-0.2, 0) is 14.3 Å². The molecule has 0 radical (unpaired) electrons. The van der Waals surface area contributed by atoms with Crippen LogP contribution in [0.3, 0.4) is 0 Å². The molecule has 3 amide bonds. The summed E-state index contributed by atoms with van der Waals surface area (Å²) in [5, 5.41) is 12.4. The maximum Gasteiger partial charge on any atom is 0.407 e. The number of methoxy groups -OCH3 is 1. The third-order valence-electron chi connectivity index (χ3n) is 7.74. The van der Waals surface area contributed by atoms with Crippen LogP contribution in [0.1, 0.15) is 46.7 Å². The van der Waals surface area contributed by atoms with Crippen LogP contribution in [0.25, 0.3) is 0 Å². The minimum atomic E-state index is -0.901. The Morgan fingerprint density at radius 2 is 1.69 bits per heavy atom. The second-order valence-electron chi connectivity index (χ2n) is 10.1. The number of ether oxygens (including phenoxy) is 1. The fraction of sp³-hybridized carbons (Fsp3) is 0.448. The summed E-state index contributed by atoms with van der Waals surface area (Å²) in [5.74, 6) is -3.98. The summed E-state index contributed by atoms with van der Waals surface area (Å²) in [5.41, 5.74) is 1.12. The number of nitrogens with one attached hydrogen (secondary N) is 1. The van der Waals surface area contributed by atoms with E-state index < -0.39 is 35.6 Å². The van der Waals surface area contributed by atoms with Crippen LogP contribution in [0, 0.1) is 24.6 Å². The average Bonchev–Trinajstić information content (AvgIpc) is 2.96. The molecule has 208 valence electrons. The molecule has 39 heavy (non-hydrogen) atoms. The van der Waals surface area contributed by atoms with Crippen molar-refractivity contribution in [3.8, 4) is 5.75 Å². The number of benzene rings is 2. The van der Waals surface area contributed by atoms with Crippen LogP contribution >= 0.6 is 0 Å². The predicted molar refractivity (Wildman–Crippen MR) is 141 cm³/mol. The van der Waals surface area contributed by atoms with E-state index in [4.69, 9.17) is 0 Å². The highest BCUT2D eigenvalue weighted by Crippen LogP contribution is 2.42. The maximum atomic E-state index is 14.8. The van der Waals surface area contributed by atoms with Gasteiger partial charge in [-0.25, -0.2) is 9.18 Å². The van der Waals surface area contributed by atoms with Crippen molar-refractivity contribution in [3.63, 3.8) is 0 Å². The van der Waals surface area contributed by atoms with E-state index in [-0.39, 0.29) is 42.6 Å². The zero-order chi connectivity index (χ0) is 28.1. The number of nitrogens with zero attached hydrogens (tertiary/aromatic N) is 2. The molecule has 2 fully saturated rings. The number of halogens is 1. The van der Waals surface area contributed by atoms with Gasteiger partial charge in [0.15, 0.2) is 5.78 Å². The lowest BCUT2D eigenvalue weighted by molar-refractivity contribution is -0.143. The van der Waals surface area contributed by atoms with Crippen molar-refractivity contribution in [1.29, 1.82) is 0 Å². The quantitative estimate of drug-likeness (QED) is 0.545. The number of alkyl carbamates (subject to hydrolysis) is 1.